The van der Waals surface area contributed by atoms with Crippen molar-refractivity contribution in [1.29, 1.82) is 0 Å². The minimum atomic E-state index is -4.80. The summed E-state index contributed by atoms with van der Waals surface area (Å²) < 4.78 is 51.7. The lowest BCUT2D eigenvalue weighted by molar-refractivity contribution is -0.144. The minimum Gasteiger partial charge on any atom is -0.480 e. The molecule has 0 radical (unpaired) electrons. The first-order valence-corrected chi connectivity index (χ1v) is 8.78. The van der Waals surface area contributed by atoms with E-state index in [0.29, 0.717) is 12.8 Å². The second-order valence-corrected chi connectivity index (χ2v) is 6.99. The Labute approximate surface area is 185 Å². The first-order valence-electron chi connectivity index (χ1n) is 8.78. The molecule has 0 heterocycles. The zero-order chi connectivity index (χ0) is 21.5. The van der Waals surface area contributed by atoms with Crippen molar-refractivity contribution in [1.82, 2.24) is 4.90 Å². The molecule has 0 amide bonds. The van der Waals surface area contributed by atoms with Gasteiger partial charge in [-0.05, 0) is 43.9 Å². The molecule has 0 bridgehead atoms. The summed E-state index contributed by atoms with van der Waals surface area (Å²) in [5.41, 5.74) is 3.32. The maximum absolute atomic E-state index is 13.3. The number of rotatable bonds is 11. The van der Waals surface area contributed by atoms with Gasteiger partial charge in [0.05, 0.1) is 5.56 Å². The van der Waals surface area contributed by atoms with Crippen molar-refractivity contribution in [2.24, 2.45) is 5.73 Å². The van der Waals surface area contributed by atoms with Gasteiger partial charge in [-0.1, -0.05) is 18.9 Å². The molecule has 5 N–H and O–H groups in total. The van der Waals surface area contributed by atoms with Crippen LogP contribution in [0, 0.1) is 5.82 Å². The summed E-state index contributed by atoms with van der Waals surface area (Å²) in [6.45, 7) is 0.264. The molecule has 0 aliphatic carbocycles. The Morgan fingerprint density at radius 2 is 1.77 bits per heavy atom. The SMILES string of the molecule is CN(CCC(N)(CCCCB(O)O)C(=O)O)Cc1ccc(F)c(C(F)(F)F)c1.Cl.Cl. The van der Waals surface area contributed by atoms with Crippen molar-refractivity contribution < 1.29 is 37.5 Å². The number of nitrogens with zero attached hydrogens (tertiary/aromatic N) is 1. The van der Waals surface area contributed by atoms with Gasteiger partial charge in [0.2, 0.25) is 0 Å². The number of carbonyl (C=O) groups is 1. The van der Waals surface area contributed by atoms with Gasteiger partial charge in [0.25, 0.3) is 0 Å². The van der Waals surface area contributed by atoms with E-state index in [-0.39, 0.29) is 62.6 Å². The van der Waals surface area contributed by atoms with Crippen molar-refractivity contribution >= 4 is 37.9 Å². The third-order valence-electron chi connectivity index (χ3n) is 4.49. The summed E-state index contributed by atoms with van der Waals surface area (Å²) in [4.78, 5) is 13.1. The van der Waals surface area contributed by atoms with Crippen LogP contribution in [0.1, 0.15) is 36.8 Å². The zero-order valence-corrected chi connectivity index (χ0v) is 18.0. The van der Waals surface area contributed by atoms with E-state index in [2.05, 4.69) is 0 Å². The van der Waals surface area contributed by atoms with Crippen LogP contribution in [0.15, 0.2) is 18.2 Å². The van der Waals surface area contributed by atoms with Gasteiger partial charge in [-0.2, -0.15) is 13.2 Å². The molecule has 1 rings (SSSR count). The molecular formula is C17H27BCl2F4N2O4. The molecule has 0 aromatic heterocycles. The number of unbranched alkanes of at least 4 members (excludes halogenated alkanes) is 1. The molecular weight excluding hydrogens is 454 g/mol. The van der Waals surface area contributed by atoms with Gasteiger partial charge in [-0.15, -0.1) is 24.8 Å². The quantitative estimate of drug-likeness (QED) is 0.220. The molecule has 0 spiro atoms. The summed E-state index contributed by atoms with van der Waals surface area (Å²) >= 11 is 0. The number of carboxylic acids is 1. The topological polar surface area (TPSA) is 107 Å². The van der Waals surface area contributed by atoms with Crippen molar-refractivity contribution in [3.63, 3.8) is 0 Å². The molecule has 0 saturated carbocycles. The lowest BCUT2D eigenvalue weighted by atomic mass is 9.81. The smallest absolute Gasteiger partial charge is 0.451 e. The molecule has 1 atom stereocenters. The van der Waals surface area contributed by atoms with Gasteiger partial charge in [-0.25, -0.2) is 4.39 Å². The van der Waals surface area contributed by atoms with Crippen LogP contribution in [0.3, 0.4) is 0 Å². The fourth-order valence-corrected chi connectivity index (χ4v) is 2.78. The average Bonchev–Trinajstić information content (AvgIpc) is 2.57. The van der Waals surface area contributed by atoms with E-state index in [9.17, 15) is 27.5 Å². The Morgan fingerprint density at radius 1 is 1.17 bits per heavy atom. The predicted octanol–water partition coefficient (Wildman–Crippen LogP) is 2.94. The highest BCUT2D eigenvalue weighted by atomic mass is 35.5. The van der Waals surface area contributed by atoms with E-state index in [1.807, 2.05) is 0 Å². The van der Waals surface area contributed by atoms with E-state index < -0.39 is 36.2 Å². The maximum Gasteiger partial charge on any atom is 0.451 e. The zero-order valence-electron chi connectivity index (χ0n) is 16.4. The van der Waals surface area contributed by atoms with Crippen molar-refractivity contribution in [3.8, 4) is 0 Å². The highest BCUT2D eigenvalue weighted by molar-refractivity contribution is 6.40. The van der Waals surface area contributed by atoms with E-state index in [0.717, 1.165) is 12.1 Å². The largest absolute Gasteiger partial charge is 0.480 e. The number of carboxylic acid groups (broad SMARTS) is 1. The summed E-state index contributed by atoms with van der Waals surface area (Å²) in [6, 6.07) is 2.74. The lowest BCUT2D eigenvalue weighted by Gasteiger charge is -2.27. The van der Waals surface area contributed by atoms with Crippen LogP contribution in [0.25, 0.3) is 0 Å². The Bertz CT molecular complexity index is 671. The number of hydrogen-bond donors (Lipinski definition) is 4. The highest BCUT2D eigenvalue weighted by Gasteiger charge is 2.35. The predicted molar refractivity (Wildman–Crippen MR) is 110 cm³/mol. The summed E-state index contributed by atoms with van der Waals surface area (Å²) in [5, 5.41) is 27.0. The van der Waals surface area contributed by atoms with Crippen molar-refractivity contribution in [2.45, 2.75) is 50.3 Å². The molecule has 30 heavy (non-hydrogen) atoms. The van der Waals surface area contributed by atoms with Crippen LogP contribution < -0.4 is 5.73 Å². The number of halogens is 6. The van der Waals surface area contributed by atoms with Gasteiger partial charge >= 0.3 is 19.3 Å². The molecule has 1 aromatic carbocycles. The van der Waals surface area contributed by atoms with Crippen molar-refractivity contribution in [2.75, 3.05) is 13.6 Å². The van der Waals surface area contributed by atoms with E-state index in [4.69, 9.17) is 15.8 Å². The number of aliphatic carboxylic acids is 1. The summed E-state index contributed by atoms with van der Waals surface area (Å²) in [6.07, 6.45) is -3.73. The van der Waals surface area contributed by atoms with E-state index >= 15 is 0 Å². The standard InChI is InChI=1S/C17H25BF4N2O4.2ClH/c1-24(11-12-4-5-14(19)13(10-12)17(20,21)22)9-7-16(23,15(25)26)6-2-3-8-18(27)28;;/h4-5,10,27-28H,2-3,6-9,11,23H2,1H3,(H,25,26);2*1H. The summed E-state index contributed by atoms with van der Waals surface area (Å²) in [7, 11) is 0.140. The Kier molecular flexibility index (Phi) is 13.8. The number of nitrogens with two attached hydrogens (primary N) is 1. The molecule has 174 valence electrons. The maximum atomic E-state index is 13.3. The van der Waals surface area contributed by atoms with Crippen LogP contribution in [0.2, 0.25) is 6.32 Å². The van der Waals surface area contributed by atoms with Crippen LogP contribution in [0.4, 0.5) is 17.6 Å². The molecule has 0 aliphatic heterocycles. The Hall–Kier alpha value is -1.11. The third kappa shape index (κ3) is 10.3. The molecule has 0 saturated heterocycles. The number of benzene rings is 1. The Balaban J connectivity index is 0. The first-order chi connectivity index (χ1) is 12.8. The fraction of sp³-hybridized carbons (Fsp3) is 0.588. The van der Waals surface area contributed by atoms with E-state index in [1.54, 1.807) is 11.9 Å². The van der Waals surface area contributed by atoms with Crippen LogP contribution >= 0.6 is 24.8 Å². The van der Waals surface area contributed by atoms with Gasteiger partial charge < -0.3 is 25.8 Å². The second kappa shape index (κ2) is 13.3. The molecule has 1 unspecified atom stereocenters. The van der Waals surface area contributed by atoms with Gasteiger partial charge in [0.15, 0.2) is 0 Å². The van der Waals surface area contributed by atoms with Crippen LogP contribution in [-0.4, -0.2) is 52.3 Å². The van der Waals surface area contributed by atoms with E-state index in [1.165, 1.54) is 6.07 Å². The second-order valence-electron chi connectivity index (χ2n) is 6.99. The molecule has 13 heteroatoms. The normalized spacial score (nSPS) is 13.2. The fourth-order valence-electron chi connectivity index (χ4n) is 2.78. The molecule has 1 aromatic rings. The van der Waals surface area contributed by atoms with Crippen LogP contribution in [0.5, 0.6) is 0 Å². The number of alkyl halides is 3. The monoisotopic (exact) mass is 480 g/mol. The van der Waals surface area contributed by atoms with Crippen LogP contribution in [-0.2, 0) is 17.5 Å². The first kappa shape index (κ1) is 31.1. The van der Waals surface area contributed by atoms with Gasteiger partial charge in [-0.3, -0.25) is 4.79 Å². The lowest BCUT2D eigenvalue weighted by Crippen LogP contribution is -2.49. The Morgan fingerprint density at radius 3 is 2.27 bits per heavy atom. The highest BCUT2D eigenvalue weighted by Crippen LogP contribution is 2.32. The van der Waals surface area contributed by atoms with Gasteiger partial charge in [0, 0.05) is 13.1 Å². The van der Waals surface area contributed by atoms with Crippen molar-refractivity contribution in [3.05, 3.63) is 35.1 Å². The molecule has 0 aliphatic rings. The average molecular weight is 481 g/mol. The minimum absolute atomic E-state index is 0. The summed E-state index contributed by atoms with van der Waals surface area (Å²) in [5.74, 6) is -2.55. The molecule has 6 nitrogen and oxygen atoms in total. The third-order valence-corrected chi connectivity index (χ3v) is 4.49. The van der Waals surface area contributed by atoms with Gasteiger partial charge in [0.1, 0.15) is 11.4 Å². The number of hydrogen-bond acceptors (Lipinski definition) is 5. The molecule has 0 fully saturated rings.